The number of carbonyl (C=O) groups excluding carboxylic acids is 1. The fourth-order valence-electron chi connectivity index (χ4n) is 3.25. The van der Waals surface area contributed by atoms with Crippen molar-refractivity contribution < 1.29 is 14.3 Å². The fourth-order valence-corrected chi connectivity index (χ4v) is 4.31. The molecule has 0 saturated carbocycles. The van der Waals surface area contributed by atoms with E-state index in [1.54, 1.807) is 23.3 Å². The Morgan fingerprint density at radius 2 is 1.93 bits per heavy atom. The molecule has 1 amide bonds. The second-order valence-corrected chi connectivity index (χ2v) is 8.35. The highest BCUT2D eigenvalue weighted by Gasteiger charge is 2.21. The lowest BCUT2D eigenvalue weighted by molar-refractivity contribution is -0.132. The molecule has 160 valence electrons. The molecule has 1 atom stereocenters. The summed E-state index contributed by atoms with van der Waals surface area (Å²) in [5.74, 6) is 1.49. The zero-order valence-electron chi connectivity index (χ0n) is 18.2. The number of fused-ring (bicyclic) bond motifs is 1. The summed E-state index contributed by atoms with van der Waals surface area (Å²) in [6.45, 7) is 5.51. The van der Waals surface area contributed by atoms with Crippen LogP contribution in [0.4, 0.5) is 0 Å². The number of carbonyl (C=O) groups is 1. The summed E-state index contributed by atoms with van der Waals surface area (Å²) in [5, 5.41) is 0.950. The number of methoxy groups -OCH3 is 1. The Bertz CT molecular complexity index is 971. The summed E-state index contributed by atoms with van der Waals surface area (Å²) in [4.78, 5) is 21.3. The zero-order valence-corrected chi connectivity index (χ0v) is 19.0. The van der Waals surface area contributed by atoms with Crippen molar-refractivity contribution in [3.05, 3.63) is 53.0 Å². The number of para-hydroxylation sites is 1. The Morgan fingerprint density at radius 1 is 1.17 bits per heavy atom. The van der Waals surface area contributed by atoms with Gasteiger partial charge in [-0.3, -0.25) is 9.69 Å². The molecule has 0 bridgehead atoms. The van der Waals surface area contributed by atoms with Crippen LogP contribution in [-0.4, -0.2) is 55.0 Å². The first-order valence-electron chi connectivity index (χ1n) is 10.0. The Labute approximate surface area is 182 Å². The molecule has 0 unspecified atom stereocenters. The average molecular weight is 428 g/mol. The van der Waals surface area contributed by atoms with Crippen LogP contribution in [0.2, 0.25) is 0 Å². The minimum absolute atomic E-state index is 0.0576. The Morgan fingerprint density at radius 3 is 2.63 bits per heavy atom. The summed E-state index contributed by atoms with van der Waals surface area (Å²) in [6, 6.07) is 13.8. The number of rotatable bonds is 9. The first-order chi connectivity index (χ1) is 14.4. The van der Waals surface area contributed by atoms with Crippen LogP contribution in [0.3, 0.4) is 0 Å². The summed E-state index contributed by atoms with van der Waals surface area (Å²) in [7, 11) is 5.41. The number of benzene rings is 2. The Balaban J connectivity index is 1.61. The highest BCUT2D eigenvalue weighted by molar-refractivity contribution is 7.18. The molecule has 0 spiro atoms. The first-order valence-corrected chi connectivity index (χ1v) is 10.8. The van der Waals surface area contributed by atoms with Gasteiger partial charge >= 0.3 is 0 Å². The molecule has 0 radical (unpaired) electrons. The summed E-state index contributed by atoms with van der Waals surface area (Å²) < 4.78 is 12.1. The predicted molar refractivity (Wildman–Crippen MR) is 121 cm³/mol. The number of thiazole rings is 1. The average Bonchev–Trinajstić information content (AvgIpc) is 3.18. The van der Waals surface area contributed by atoms with E-state index in [0.29, 0.717) is 25.4 Å². The number of hydrogen-bond acceptors (Lipinski definition) is 6. The molecule has 6 nitrogen and oxygen atoms in total. The van der Waals surface area contributed by atoms with Gasteiger partial charge in [0.25, 0.3) is 0 Å². The lowest BCUT2D eigenvalue weighted by Crippen LogP contribution is -2.37. The number of ether oxygens (including phenoxy) is 2. The van der Waals surface area contributed by atoms with Gasteiger partial charge in [-0.1, -0.05) is 18.2 Å². The quantitative estimate of drug-likeness (QED) is 0.508. The van der Waals surface area contributed by atoms with Crippen LogP contribution >= 0.6 is 11.3 Å². The monoisotopic (exact) mass is 427 g/mol. The summed E-state index contributed by atoms with van der Waals surface area (Å²) in [6.07, 6.45) is 0. The Kier molecular flexibility index (Phi) is 7.29. The van der Waals surface area contributed by atoms with Crippen molar-refractivity contribution in [3.63, 3.8) is 0 Å². The van der Waals surface area contributed by atoms with E-state index >= 15 is 0 Å². The lowest BCUT2D eigenvalue weighted by atomic mass is 10.2. The molecule has 0 saturated heterocycles. The highest BCUT2D eigenvalue weighted by atomic mass is 32.1. The molecule has 30 heavy (non-hydrogen) atoms. The maximum Gasteiger partial charge on any atom is 0.237 e. The number of hydrogen-bond donors (Lipinski definition) is 0. The van der Waals surface area contributed by atoms with Gasteiger partial charge in [-0.2, -0.15) is 0 Å². The molecule has 3 aromatic rings. The molecule has 2 aromatic carbocycles. The maximum absolute atomic E-state index is 12.9. The minimum atomic E-state index is -0.0751. The van der Waals surface area contributed by atoms with Gasteiger partial charge < -0.3 is 14.4 Å². The molecule has 0 fully saturated rings. The normalized spacial score (nSPS) is 12.2. The van der Waals surface area contributed by atoms with Gasteiger partial charge in [0, 0.05) is 13.6 Å². The van der Waals surface area contributed by atoms with E-state index in [1.165, 1.54) is 0 Å². The van der Waals surface area contributed by atoms with Crippen molar-refractivity contribution in [3.8, 4) is 11.5 Å². The molecular formula is C23H29N3O3S. The standard InChI is InChI=1S/C23H29N3O3S/c1-6-29-19-12-11-17(13-20(19)28-5)14-25(3)15-22(27)26(4)16(2)23-24-18-9-7-8-10-21(18)30-23/h7-13,16H,6,14-15H2,1-5H3/t16-/m0/s1. The molecule has 1 heterocycles. The number of nitrogens with zero attached hydrogens (tertiary/aromatic N) is 3. The van der Waals surface area contributed by atoms with Crippen molar-refractivity contribution in [1.82, 2.24) is 14.8 Å². The number of amides is 1. The third-order valence-electron chi connectivity index (χ3n) is 5.03. The molecule has 7 heteroatoms. The van der Waals surface area contributed by atoms with Crippen molar-refractivity contribution in [2.45, 2.75) is 26.4 Å². The number of aromatic nitrogens is 1. The smallest absolute Gasteiger partial charge is 0.237 e. The van der Waals surface area contributed by atoms with E-state index in [2.05, 4.69) is 6.07 Å². The van der Waals surface area contributed by atoms with E-state index in [9.17, 15) is 4.79 Å². The topological polar surface area (TPSA) is 54.9 Å². The van der Waals surface area contributed by atoms with Crippen molar-refractivity contribution >= 4 is 27.5 Å². The van der Waals surface area contributed by atoms with Gasteiger partial charge in [-0.15, -0.1) is 11.3 Å². The van der Waals surface area contributed by atoms with E-state index in [-0.39, 0.29) is 11.9 Å². The van der Waals surface area contributed by atoms with Crippen molar-refractivity contribution in [2.75, 3.05) is 34.4 Å². The van der Waals surface area contributed by atoms with Gasteiger partial charge in [-0.05, 0) is 50.7 Å². The Hall–Kier alpha value is -2.64. The molecule has 0 aliphatic rings. The van der Waals surface area contributed by atoms with Crippen LogP contribution in [0.25, 0.3) is 10.2 Å². The van der Waals surface area contributed by atoms with Gasteiger partial charge in [0.1, 0.15) is 5.01 Å². The largest absolute Gasteiger partial charge is 0.493 e. The fraction of sp³-hybridized carbons (Fsp3) is 0.391. The van der Waals surface area contributed by atoms with Gasteiger partial charge in [0.05, 0.1) is 36.5 Å². The zero-order chi connectivity index (χ0) is 21.7. The van der Waals surface area contributed by atoms with Crippen LogP contribution in [0.15, 0.2) is 42.5 Å². The molecule has 0 aliphatic heterocycles. The second-order valence-electron chi connectivity index (χ2n) is 7.29. The third kappa shape index (κ3) is 5.09. The molecule has 1 aromatic heterocycles. The van der Waals surface area contributed by atoms with Gasteiger partial charge in [-0.25, -0.2) is 4.98 Å². The van der Waals surface area contributed by atoms with Crippen LogP contribution in [0.5, 0.6) is 11.5 Å². The van der Waals surface area contributed by atoms with Gasteiger partial charge in [0.15, 0.2) is 11.5 Å². The van der Waals surface area contributed by atoms with Crippen LogP contribution in [-0.2, 0) is 11.3 Å². The first kappa shape index (κ1) is 22.1. The lowest BCUT2D eigenvalue weighted by Gasteiger charge is -2.26. The molecule has 0 aliphatic carbocycles. The van der Waals surface area contributed by atoms with E-state index in [4.69, 9.17) is 14.5 Å². The molecular weight excluding hydrogens is 398 g/mol. The maximum atomic E-state index is 12.9. The molecule has 0 N–H and O–H groups in total. The van der Waals surface area contributed by atoms with Crippen LogP contribution < -0.4 is 9.47 Å². The van der Waals surface area contributed by atoms with Crippen molar-refractivity contribution in [1.29, 1.82) is 0 Å². The van der Waals surface area contributed by atoms with Crippen LogP contribution in [0.1, 0.15) is 30.5 Å². The van der Waals surface area contributed by atoms with Gasteiger partial charge in [0.2, 0.25) is 5.91 Å². The van der Waals surface area contributed by atoms with E-state index in [0.717, 1.165) is 26.5 Å². The van der Waals surface area contributed by atoms with Crippen LogP contribution in [0, 0.1) is 0 Å². The predicted octanol–water partition coefficient (Wildman–Crippen LogP) is 4.36. The minimum Gasteiger partial charge on any atom is -0.493 e. The number of likely N-dealkylation sites (N-methyl/N-ethyl adjacent to an activating group) is 2. The van der Waals surface area contributed by atoms with Crippen molar-refractivity contribution in [2.24, 2.45) is 0 Å². The molecule has 3 rings (SSSR count). The van der Waals surface area contributed by atoms with E-state index in [1.807, 2.05) is 69.2 Å². The highest BCUT2D eigenvalue weighted by Crippen LogP contribution is 2.30. The summed E-state index contributed by atoms with van der Waals surface area (Å²) in [5.41, 5.74) is 2.04. The third-order valence-corrected chi connectivity index (χ3v) is 6.23. The van der Waals surface area contributed by atoms with E-state index < -0.39 is 0 Å². The SMILES string of the molecule is CCOc1ccc(CN(C)CC(=O)N(C)[C@@H](C)c2nc3ccccc3s2)cc1OC. The second kappa shape index (κ2) is 9.91. The summed E-state index contributed by atoms with van der Waals surface area (Å²) >= 11 is 1.64.